The molecular weight excluding hydrogens is 338 g/mol. The minimum Gasteiger partial charge on any atom is -0.325 e. The lowest BCUT2D eigenvalue weighted by atomic mass is 9.95. The molecule has 2 aromatic carbocycles. The van der Waals surface area contributed by atoms with E-state index < -0.39 is 0 Å². The quantitative estimate of drug-likeness (QED) is 0.682. The van der Waals surface area contributed by atoms with Crippen molar-refractivity contribution in [2.75, 3.05) is 10.6 Å². The van der Waals surface area contributed by atoms with Crippen molar-refractivity contribution in [1.29, 1.82) is 0 Å². The van der Waals surface area contributed by atoms with Crippen molar-refractivity contribution >= 4 is 23.2 Å². The highest BCUT2D eigenvalue weighted by atomic mass is 16.2. The summed E-state index contributed by atoms with van der Waals surface area (Å²) in [6, 6.07) is 20.2. The van der Waals surface area contributed by atoms with E-state index in [0.29, 0.717) is 23.4 Å². The van der Waals surface area contributed by atoms with Gasteiger partial charge in [-0.25, -0.2) is 0 Å². The molecule has 0 spiro atoms. The molecular formula is C22H21N3O2. The number of carbonyl (C=O) groups excluding carboxylic acids is 2. The van der Waals surface area contributed by atoms with Gasteiger partial charge in [0, 0.05) is 23.8 Å². The Hall–Kier alpha value is -3.47. The molecule has 5 nitrogen and oxygen atoms in total. The van der Waals surface area contributed by atoms with Crippen molar-refractivity contribution in [2.45, 2.75) is 19.3 Å². The van der Waals surface area contributed by atoms with E-state index in [-0.39, 0.29) is 17.7 Å². The van der Waals surface area contributed by atoms with E-state index >= 15 is 0 Å². The maximum Gasteiger partial charge on any atom is 0.257 e. The molecule has 0 aliphatic carbocycles. The minimum absolute atomic E-state index is 0.0700. The SMILES string of the molecule is CCC(C(=O)Nc1cccc(NC(=O)c2cccnc2)c1)c1ccccc1. The van der Waals surface area contributed by atoms with Crippen molar-refractivity contribution < 1.29 is 9.59 Å². The van der Waals surface area contributed by atoms with Crippen molar-refractivity contribution in [2.24, 2.45) is 0 Å². The maximum absolute atomic E-state index is 12.7. The van der Waals surface area contributed by atoms with E-state index in [2.05, 4.69) is 15.6 Å². The van der Waals surface area contributed by atoms with Crippen molar-refractivity contribution in [1.82, 2.24) is 4.98 Å². The van der Waals surface area contributed by atoms with Crippen LogP contribution in [0, 0.1) is 0 Å². The van der Waals surface area contributed by atoms with Crippen LogP contribution < -0.4 is 10.6 Å². The Morgan fingerprint density at radius 2 is 1.67 bits per heavy atom. The van der Waals surface area contributed by atoms with E-state index in [9.17, 15) is 9.59 Å². The lowest BCUT2D eigenvalue weighted by Gasteiger charge is -2.16. The summed E-state index contributed by atoms with van der Waals surface area (Å²) in [7, 11) is 0. The summed E-state index contributed by atoms with van der Waals surface area (Å²) in [5.41, 5.74) is 2.70. The fourth-order valence-electron chi connectivity index (χ4n) is 2.86. The standard InChI is InChI=1S/C22H21N3O2/c1-2-20(16-8-4-3-5-9-16)22(27)25-19-12-6-11-18(14-19)24-21(26)17-10-7-13-23-15-17/h3-15,20H,2H2,1H3,(H,24,26)(H,25,27). The number of nitrogens with one attached hydrogen (secondary N) is 2. The molecule has 0 fully saturated rings. The van der Waals surface area contributed by atoms with E-state index in [4.69, 9.17) is 0 Å². The van der Waals surface area contributed by atoms with Crippen molar-refractivity contribution in [3.63, 3.8) is 0 Å². The second-order valence-electron chi connectivity index (χ2n) is 6.14. The number of benzene rings is 2. The third-order valence-corrected chi connectivity index (χ3v) is 4.24. The number of aromatic nitrogens is 1. The van der Waals surface area contributed by atoms with Gasteiger partial charge < -0.3 is 10.6 Å². The number of hydrogen-bond acceptors (Lipinski definition) is 3. The molecule has 0 aliphatic heterocycles. The molecule has 1 atom stereocenters. The predicted octanol–water partition coefficient (Wildman–Crippen LogP) is 4.47. The van der Waals surface area contributed by atoms with E-state index in [1.54, 1.807) is 42.6 Å². The summed E-state index contributed by atoms with van der Waals surface area (Å²) >= 11 is 0. The molecule has 1 unspecified atom stereocenters. The Bertz CT molecular complexity index is 911. The highest BCUT2D eigenvalue weighted by Crippen LogP contribution is 2.23. The van der Waals surface area contributed by atoms with Gasteiger partial charge in [-0.05, 0) is 42.3 Å². The van der Waals surface area contributed by atoms with Crippen LogP contribution in [0.3, 0.4) is 0 Å². The van der Waals surface area contributed by atoms with E-state index in [1.165, 1.54) is 6.20 Å². The van der Waals surface area contributed by atoms with Crippen LogP contribution in [0.1, 0.15) is 35.2 Å². The Balaban J connectivity index is 1.70. The highest BCUT2D eigenvalue weighted by Gasteiger charge is 2.18. The normalized spacial score (nSPS) is 11.4. The first kappa shape index (κ1) is 18.3. The maximum atomic E-state index is 12.7. The molecule has 0 aliphatic rings. The smallest absolute Gasteiger partial charge is 0.257 e. The van der Waals surface area contributed by atoms with Gasteiger partial charge in [0.05, 0.1) is 11.5 Å². The lowest BCUT2D eigenvalue weighted by Crippen LogP contribution is -2.20. The third-order valence-electron chi connectivity index (χ3n) is 4.24. The molecule has 27 heavy (non-hydrogen) atoms. The van der Waals surface area contributed by atoms with Crippen LogP contribution in [0.15, 0.2) is 79.1 Å². The summed E-state index contributed by atoms with van der Waals surface area (Å²) < 4.78 is 0. The molecule has 2 amide bonds. The topological polar surface area (TPSA) is 71.1 Å². The van der Waals surface area contributed by atoms with Crippen LogP contribution in [0.4, 0.5) is 11.4 Å². The summed E-state index contributed by atoms with van der Waals surface area (Å²) in [5.74, 6) is -0.540. The van der Waals surface area contributed by atoms with Gasteiger partial charge in [0.25, 0.3) is 5.91 Å². The molecule has 0 saturated carbocycles. The van der Waals surface area contributed by atoms with Gasteiger partial charge in [0.2, 0.25) is 5.91 Å². The second kappa shape index (κ2) is 8.76. The van der Waals surface area contributed by atoms with Crippen molar-refractivity contribution in [3.8, 4) is 0 Å². The number of pyridine rings is 1. The number of hydrogen-bond donors (Lipinski definition) is 2. The van der Waals surface area contributed by atoms with Crippen LogP contribution in [0.25, 0.3) is 0 Å². The monoisotopic (exact) mass is 359 g/mol. The molecule has 3 aromatic rings. The molecule has 1 aromatic heterocycles. The first-order valence-corrected chi connectivity index (χ1v) is 8.84. The molecule has 2 N–H and O–H groups in total. The summed E-state index contributed by atoms with van der Waals surface area (Å²) in [4.78, 5) is 28.9. The molecule has 0 saturated heterocycles. The van der Waals surface area contributed by atoms with Crippen LogP contribution >= 0.6 is 0 Å². The molecule has 1 heterocycles. The van der Waals surface area contributed by atoms with Gasteiger partial charge in [0.15, 0.2) is 0 Å². The fraction of sp³-hybridized carbons (Fsp3) is 0.136. The molecule has 136 valence electrons. The summed E-state index contributed by atoms with van der Waals surface area (Å²) in [6.07, 6.45) is 3.82. The first-order chi connectivity index (χ1) is 13.2. The lowest BCUT2D eigenvalue weighted by molar-refractivity contribution is -0.117. The first-order valence-electron chi connectivity index (χ1n) is 8.84. The Labute approximate surface area is 158 Å². The van der Waals surface area contributed by atoms with Gasteiger partial charge in [-0.15, -0.1) is 0 Å². The second-order valence-corrected chi connectivity index (χ2v) is 6.14. The largest absolute Gasteiger partial charge is 0.325 e. The highest BCUT2D eigenvalue weighted by molar-refractivity contribution is 6.04. The van der Waals surface area contributed by atoms with Crippen LogP contribution in [0.2, 0.25) is 0 Å². The molecule has 5 heteroatoms. The Kier molecular flexibility index (Phi) is 5.94. The Morgan fingerprint density at radius 1 is 0.926 bits per heavy atom. The average Bonchev–Trinajstić information content (AvgIpc) is 2.70. The fourth-order valence-corrected chi connectivity index (χ4v) is 2.86. The van der Waals surface area contributed by atoms with Gasteiger partial charge in [-0.2, -0.15) is 0 Å². The number of nitrogens with zero attached hydrogens (tertiary/aromatic N) is 1. The number of carbonyl (C=O) groups is 2. The van der Waals surface area contributed by atoms with Crippen molar-refractivity contribution in [3.05, 3.63) is 90.3 Å². The Morgan fingerprint density at radius 3 is 2.33 bits per heavy atom. The van der Waals surface area contributed by atoms with Gasteiger partial charge in [-0.1, -0.05) is 43.3 Å². The van der Waals surface area contributed by atoms with Crippen LogP contribution in [-0.2, 0) is 4.79 Å². The zero-order valence-corrected chi connectivity index (χ0v) is 15.1. The number of anilines is 2. The third kappa shape index (κ3) is 4.79. The molecule has 0 radical (unpaired) electrons. The van der Waals surface area contributed by atoms with Gasteiger partial charge >= 0.3 is 0 Å². The number of amides is 2. The van der Waals surface area contributed by atoms with E-state index in [0.717, 1.165) is 5.56 Å². The zero-order chi connectivity index (χ0) is 19.1. The van der Waals surface area contributed by atoms with Gasteiger partial charge in [0.1, 0.15) is 0 Å². The van der Waals surface area contributed by atoms with E-state index in [1.807, 2.05) is 37.3 Å². The predicted molar refractivity (Wildman–Crippen MR) is 107 cm³/mol. The van der Waals surface area contributed by atoms with Crippen LogP contribution in [0.5, 0.6) is 0 Å². The molecule has 3 rings (SSSR count). The average molecular weight is 359 g/mol. The summed E-state index contributed by atoms with van der Waals surface area (Å²) in [5, 5.41) is 5.76. The minimum atomic E-state index is -0.248. The molecule has 0 bridgehead atoms. The van der Waals surface area contributed by atoms with Crippen LogP contribution in [-0.4, -0.2) is 16.8 Å². The van der Waals surface area contributed by atoms with Gasteiger partial charge in [-0.3, -0.25) is 14.6 Å². The zero-order valence-electron chi connectivity index (χ0n) is 15.1. The number of rotatable bonds is 6. The summed E-state index contributed by atoms with van der Waals surface area (Å²) in [6.45, 7) is 1.99.